The zero-order valence-electron chi connectivity index (χ0n) is 16.4. The van der Waals surface area contributed by atoms with Crippen molar-refractivity contribution in [3.8, 4) is 0 Å². The number of aliphatic imine (C=N–C) groups is 1. The molecule has 0 saturated carbocycles. The van der Waals surface area contributed by atoms with E-state index in [0.717, 1.165) is 31.4 Å². The lowest BCUT2D eigenvalue weighted by atomic mass is 10.1. The monoisotopic (exact) mass is 358 g/mol. The highest BCUT2D eigenvalue weighted by molar-refractivity contribution is 5.80. The molecular formula is C20H34N6. The fraction of sp³-hybridized carbons (Fsp3) is 0.700. The number of nitrogens with one attached hydrogen (secondary N) is 2. The van der Waals surface area contributed by atoms with Crippen LogP contribution >= 0.6 is 0 Å². The molecule has 6 heteroatoms. The van der Waals surface area contributed by atoms with Crippen LogP contribution in [-0.2, 0) is 6.54 Å². The highest BCUT2D eigenvalue weighted by Gasteiger charge is 2.19. The van der Waals surface area contributed by atoms with Gasteiger partial charge in [0.05, 0.1) is 0 Å². The molecule has 0 aromatic carbocycles. The molecule has 3 heterocycles. The Morgan fingerprint density at radius 1 is 1.23 bits per heavy atom. The molecule has 3 rings (SSSR count). The van der Waals surface area contributed by atoms with E-state index in [1.54, 1.807) is 0 Å². The summed E-state index contributed by atoms with van der Waals surface area (Å²) >= 11 is 0. The van der Waals surface area contributed by atoms with Gasteiger partial charge in [-0.05, 0) is 56.3 Å². The first kappa shape index (κ1) is 19.0. The number of nitrogens with zero attached hydrogens (tertiary/aromatic N) is 4. The van der Waals surface area contributed by atoms with Gasteiger partial charge in [0.1, 0.15) is 5.82 Å². The standard InChI is InChI=1S/C20H34N6/c1-3-10-25-13-7-18(8-14-25)24-20(21-2)23-16-17-6-9-22-19(15-17)26-11-4-5-12-26/h6,9,15,18H,3-5,7-8,10-14,16H2,1-2H3,(H2,21,23,24). The number of aromatic nitrogens is 1. The van der Waals surface area contributed by atoms with Gasteiger partial charge >= 0.3 is 0 Å². The summed E-state index contributed by atoms with van der Waals surface area (Å²) in [6, 6.07) is 4.81. The topological polar surface area (TPSA) is 55.8 Å². The molecule has 2 saturated heterocycles. The molecule has 2 aliphatic heterocycles. The van der Waals surface area contributed by atoms with E-state index < -0.39 is 0 Å². The highest BCUT2D eigenvalue weighted by atomic mass is 15.2. The van der Waals surface area contributed by atoms with Gasteiger partial charge in [-0.15, -0.1) is 0 Å². The Labute approximate surface area is 158 Å². The average molecular weight is 359 g/mol. The van der Waals surface area contributed by atoms with Crippen LogP contribution in [0.3, 0.4) is 0 Å². The second-order valence-electron chi connectivity index (χ2n) is 7.40. The summed E-state index contributed by atoms with van der Waals surface area (Å²) < 4.78 is 0. The number of likely N-dealkylation sites (tertiary alicyclic amines) is 1. The SMILES string of the molecule is CCCN1CCC(NC(=NC)NCc2ccnc(N3CCCC3)c2)CC1. The lowest BCUT2D eigenvalue weighted by Crippen LogP contribution is -2.48. The molecule has 0 amide bonds. The van der Waals surface area contributed by atoms with Crippen molar-refractivity contribution in [1.29, 1.82) is 0 Å². The normalized spacial score (nSPS) is 19.8. The Morgan fingerprint density at radius 2 is 2.00 bits per heavy atom. The van der Waals surface area contributed by atoms with E-state index in [-0.39, 0.29) is 0 Å². The van der Waals surface area contributed by atoms with Crippen LogP contribution in [0.2, 0.25) is 0 Å². The van der Waals surface area contributed by atoms with Gasteiger partial charge in [0, 0.05) is 52.0 Å². The Bertz CT molecular complexity index is 573. The van der Waals surface area contributed by atoms with Crippen LogP contribution in [0.4, 0.5) is 5.82 Å². The van der Waals surface area contributed by atoms with Crippen LogP contribution in [0, 0.1) is 0 Å². The van der Waals surface area contributed by atoms with E-state index >= 15 is 0 Å². The lowest BCUT2D eigenvalue weighted by Gasteiger charge is -2.32. The van der Waals surface area contributed by atoms with E-state index in [4.69, 9.17) is 0 Å². The van der Waals surface area contributed by atoms with Gasteiger partial charge in [0.2, 0.25) is 0 Å². The van der Waals surface area contributed by atoms with Gasteiger partial charge in [0.25, 0.3) is 0 Å². The van der Waals surface area contributed by atoms with Crippen molar-refractivity contribution >= 4 is 11.8 Å². The van der Waals surface area contributed by atoms with Gasteiger partial charge < -0.3 is 20.4 Å². The summed E-state index contributed by atoms with van der Waals surface area (Å²) in [7, 11) is 1.85. The number of hydrogen-bond acceptors (Lipinski definition) is 4. The maximum atomic E-state index is 4.53. The first-order valence-corrected chi connectivity index (χ1v) is 10.2. The number of hydrogen-bond donors (Lipinski definition) is 2. The van der Waals surface area contributed by atoms with Crippen molar-refractivity contribution in [2.24, 2.45) is 4.99 Å². The van der Waals surface area contributed by atoms with E-state index in [2.05, 4.69) is 49.5 Å². The van der Waals surface area contributed by atoms with Crippen molar-refractivity contribution in [3.63, 3.8) is 0 Å². The zero-order valence-corrected chi connectivity index (χ0v) is 16.4. The molecule has 2 N–H and O–H groups in total. The molecule has 6 nitrogen and oxygen atoms in total. The first-order chi connectivity index (χ1) is 12.8. The number of rotatable bonds is 6. The van der Waals surface area contributed by atoms with Crippen molar-refractivity contribution in [2.45, 2.75) is 51.6 Å². The summed E-state index contributed by atoms with van der Waals surface area (Å²) in [6.45, 7) is 8.88. The first-order valence-electron chi connectivity index (χ1n) is 10.2. The summed E-state index contributed by atoms with van der Waals surface area (Å²) in [6.07, 6.45) is 8.09. The van der Waals surface area contributed by atoms with E-state index in [1.165, 1.54) is 57.3 Å². The van der Waals surface area contributed by atoms with Crippen LogP contribution in [0.15, 0.2) is 23.3 Å². The average Bonchev–Trinajstić information content (AvgIpc) is 3.22. The molecule has 1 aromatic heterocycles. The molecule has 0 radical (unpaired) electrons. The highest BCUT2D eigenvalue weighted by Crippen LogP contribution is 2.18. The molecule has 1 aromatic rings. The van der Waals surface area contributed by atoms with Crippen LogP contribution < -0.4 is 15.5 Å². The predicted molar refractivity (Wildman–Crippen MR) is 109 cm³/mol. The Kier molecular flexibility index (Phi) is 7.12. The molecule has 144 valence electrons. The van der Waals surface area contributed by atoms with Gasteiger partial charge in [-0.3, -0.25) is 4.99 Å². The maximum absolute atomic E-state index is 4.53. The van der Waals surface area contributed by atoms with E-state index in [1.807, 2.05) is 13.2 Å². The molecule has 2 aliphatic rings. The summed E-state index contributed by atoms with van der Waals surface area (Å²) in [5.41, 5.74) is 1.25. The maximum Gasteiger partial charge on any atom is 0.191 e. The van der Waals surface area contributed by atoms with Gasteiger partial charge in [0.15, 0.2) is 5.96 Å². The van der Waals surface area contributed by atoms with Crippen molar-refractivity contribution in [3.05, 3.63) is 23.9 Å². The molecule has 26 heavy (non-hydrogen) atoms. The van der Waals surface area contributed by atoms with E-state index in [9.17, 15) is 0 Å². The van der Waals surface area contributed by atoms with Gasteiger partial charge in [-0.1, -0.05) is 6.92 Å². The quantitative estimate of drug-likeness (QED) is 0.603. The zero-order chi connectivity index (χ0) is 18.2. The summed E-state index contributed by atoms with van der Waals surface area (Å²) in [4.78, 5) is 13.9. The fourth-order valence-corrected chi connectivity index (χ4v) is 3.88. The van der Waals surface area contributed by atoms with Crippen LogP contribution in [0.1, 0.15) is 44.6 Å². The minimum Gasteiger partial charge on any atom is -0.357 e. The molecule has 0 bridgehead atoms. The van der Waals surface area contributed by atoms with E-state index in [0.29, 0.717) is 6.04 Å². The summed E-state index contributed by atoms with van der Waals surface area (Å²) in [5, 5.41) is 7.06. The number of piperidine rings is 1. The molecule has 0 spiro atoms. The van der Waals surface area contributed by atoms with Gasteiger partial charge in [-0.25, -0.2) is 4.98 Å². The summed E-state index contributed by atoms with van der Waals surface area (Å²) in [5.74, 6) is 2.01. The van der Waals surface area contributed by atoms with Gasteiger partial charge in [-0.2, -0.15) is 0 Å². The minimum atomic E-state index is 0.520. The minimum absolute atomic E-state index is 0.520. The molecule has 0 atom stereocenters. The molecule has 2 fully saturated rings. The molecular weight excluding hydrogens is 324 g/mol. The van der Waals surface area contributed by atoms with Crippen molar-refractivity contribution in [1.82, 2.24) is 20.5 Å². The predicted octanol–water partition coefficient (Wildman–Crippen LogP) is 2.22. The smallest absolute Gasteiger partial charge is 0.191 e. The Morgan fingerprint density at radius 3 is 2.69 bits per heavy atom. The molecule has 0 unspecified atom stereocenters. The lowest BCUT2D eigenvalue weighted by molar-refractivity contribution is 0.206. The van der Waals surface area contributed by atoms with Crippen LogP contribution in [0.25, 0.3) is 0 Å². The Hall–Kier alpha value is -1.82. The third-order valence-electron chi connectivity index (χ3n) is 5.39. The third kappa shape index (κ3) is 5.34. The second kappa shape index (κ2) is 9.76. The number of pyridine rings is 1. The number of anilines is 1. The van der Waals surface area contributed by atoms with Crippen molar-refractivity contribution < 1.29 is 0 Å². The van der Waals surface area contributed by atoms with Crippen molar-refractivity contribution in [2.75, 3.05) is 44.7 Å². The fourth-order valence-electron chi connectivity index (χ4n) is 3.88. The van der Waals surface area contributed by atoms with Crippen LogP contribution in [-0.4, -0.2) is 61.7 Å². The largest absolute Gasteiger partial charge is 0.357 e. The third-order valence-corrected chi connectivity index (χ3v) is 5.39. The second-order valence-corrected chi connectivity index (χ2v) is 7.40. The molecule has 0 aliphatic carbocycles. The Balaban J connectivity index is 1.46. The van der Waals surface area contributed by atoms with Crippen LogP contribution in [0.5, 0.6) is 0 Å². The number of guanidine groups is 1.